The first kappa shape index (κ1) is 25.1. The van der Waals surface area contributed by atoms with Crippen molar-refractivity contribution in [2.45, 2.75) is 83.5 Å². The van der Waals surface area contributed by atoms with Crippen LogP contribution in [0.5, 0.6) is 0 Å². The van der Waals surface area contributed by atoms with Crippen molar-refractivity contribution in [3.8, 4) is 5.69 Å². The molecule has 0 N–H and O–H groups in total. The number of nitrogens with zero attached hydrogens (tertiary/aromatic N) is 3. The van der Waals surface area contributed by atoms with Crippen molar-refractivity contribution < 1.29 is 18.9 Å². The molecule has 0 unspecified atom stereocenters. The van der Waals surface area contributed by atoms with E-state index in [0.717, 1.165) is 31.5 Å². The van der Waals surface area contributed by atoms with Gasteiger partial charge in [0.05, 0.1) is 17.6 Å². The molecule has 1 saturated carbocycles. The Bertz CT molecular complexity index is 1030. The first-order valence-electron chi connectivity index (χ1n) is 11.4. The molecule has 1 aromatic carbocycles. The number of benzene rings is 1. The molecule has 1 fully saturated rings. The van der Waals surface area contributed by atoms with E-state index in [0.29, 0.717) is 11.3 Å². The van der Waals surface area contributed by atoms with E-state index in [-0.39, 0.29) is 28.3 Å². The number of aromatic nitrogens is 2. The van der Waals surface area contributed by atoms with Gasteiger partial charge in [0.25, 0.3) is 5.69 Å². The van der Waals surface area contributed by atoms with Crippen LogP contribution < -0.4 is 0 Å². The number of nitro groups is 1. The lowest BCUT2D eigenvalue weighted by molar-refractivity contribution is -0.384. The average Bonchev–Trinajstić information content (AvgIpc) is 3.22. The largest absolute Gasteiger partial charge is 0.465 e. The molecule has 1 aliphatic carbocycles. The lowest BCUT2D eigenvalue weighted by atomic mass is 9.87. The van der Waals surface area contributed by atoms with Crippen molar-refractivity contribution in [1.82, 2.24) is 9.55 Å². The van der Waals surface area contributed by atoms with Crippen LogP contribution >= 0.6 is 0 Å². The Hall–Kier alpha value is -2.52. The van der Waals surface area contributed by atoms with Crippen molar-refractivity contribution in [3.05, 3.63) is 51.6 Å². The summed E-state index contributed by atoms with van der Waals surface area (Å²) in [6, 6.07) is 2.96. The summed E-state index contributed by atoms with van der Waals surface area (Å²) in [4.78, 5) is 28.0. The van der Waals surface area contributed by atoms with Crippen molar-refractivity contribution in [2.75, 3.05) is 7.11 Å². The van der Waals surface area contributed by atoms with Crippen LogP contribution in [0.3, 0.4) is 0 Å². The molecule has 3 rings (SSSR count). The zero-order valence-electron chi connectivity index (χ0n) is 20.7. The third-order valence-electron chi connectivity index (χ3n) is 7.16. The number of methoxy groups -OCH3 is 1. The van der Waals surface area contributed by atoms with Gasteiger partial charge in [-0.25, -0.2) is 9.78 Å². The monoisotopic (exact) mass is 473 g/mol. The maximum atomic E-state index is 12.0. The van der Waals surface area contributed by atoms with Gasteiger partial charge in [0.2, 0.25) is 0 Å². The lowest BCUT2D eigenvalue weighted by Crippen LogP contribution is -2.44. The van der Waals surface area contributed by atoms with E-state index < -0.39 is 19.2 Å². The molecule has 33 heavy (non-hydrogen) atoms. The second-order valence-electron chi connectivity index (χ2n) is 10.4. The minimum Gasteiger partial charge on any atom is -0.465 e. The van der Waals surface area contributed by atoms with E-state index in [2.05, 4.69) is 38.8 Å². The molecule has 0 atom stereocenters. The van der Waals surface area contributed by atoms with E-state index in [1.54, 1.807) is 30.0 Å². The van der Waals surface area contributed by atoms with Crippen LogP contribution in [-0.4, -0.2) is 42.0 Å². The lowest BCUT2D eigenvalue weighted by Gasteiger charge is -2.41. The number of imidazole rings is 1. The quantitative estimate of drug-likeness (QED) is 0.223. The number of ether oxygens (including phenoxy) is 1. The van der Waals surface area contributed by atoms with Gasteiger partial charge in [0.15, 0.2) is 8.32 Å². The van der Waals surface area contributed by atoms with Crippen LogP contribution in [0.1, 0.15) is 74.1 Å². The highest BCUT2D eigenvalue weighted by atomic mass is 28.4. The number of hydrogen-bond donors (Lipinski definition) is 0. The Morgan fingerprint density at radius 2 is 1.85 bits per heavy atom. The third-order valence-corrected chi connectivity index (χ3v) is 11.7. The fourth-order valence-corrected chi connectivity index (χ4v) is 5.63. The predicted molar refractivity (Wildman–Crippen MR) is 130 cm³/mol. The van der Waals surface area contributed by atoms with Crippen LogP contribution in [0.25, 0.3) is 5.69 Å². The summed E-state index contributed by atoms with van der Waals surface area (Å²) in [6.45, 7) is 13.1. The fourth-order valence-electron chi connectivity index (χ4n) is 4.20. The topological polar surface area (TPSA) is 96.5 Å². The van der Waals surface area contributed by atoms with Gasteiger partial charge in [-0.1, -0.05) is 20.8 Å². The van der Waals surface area contributed by atoms with Gasteiger partial charge >= 0.3 is 5.97 Å². The van der Waals surface area contributed by atoms with Gasteiger partial charge in [-0.2, -0.15) is 0 Å². The first-order valence-corrected chi connectivity index (χ1v) is 14.4. The summed E-state index contributed by atoms with van der Waals surface area (Å²) in [5.41, 5.74) is 1.08. The van der Waals surface area contributed by atoms with Crippen molar-refractivity contribution >= 4 is 20.0 Å². The Kier molecular flexibility index (Phi) is 7.14. The van der Waals surface area contributed by atoms with Crippen molar-refractivity contribution in [1.29, 1.82) is 0 Å². The molecule has 0 aliphatic heterocycles. The first-order chi connectivity index (χ1) is 15.4. The number of carbonyl (C=O) groups excluding carboxylic acids is 1. The molecular weight excluding hydrogens is 438 g/mol. The van der Waals surface area contributed by atoms with Crippen LogP contribution in [0, 0.1) is 17.0 Å². The molecule has 0 amide bonds. The Balaban J connectivity index is 1.85. The van der Waals surface area contributed by atoms with Gasteiger partial charge in [-0.15, -0.1) is 0 Å². The second kappa shape index (κ2) is 9.38. The second-order valence-corrected chi connectivity index (χ2v) is 15.2. The minimum absolute atomic E-state index is 0.143. The van der Waals surface area contributed by atoms with Crippen LogP contribution in [-0.2, 0) is 9.16 Å². The third kappa shape index (κ3) is 5.19. The summed E-state index contributed by atoms with van der Waals surface area (Å²) < 4.78 is 13.2. The Labute approximate surface area is 196 Å². The number of carbonyl (C=O) groups is 1. The summed E-state index contributed by atoms with van der Waals surface area (Å²) in [5.74, 6) is 0.418. The Morgan fingerprint density at radius 3 is 2.39 bits per heavy atom. The summed E-state index contributed by atoms with van der Waals surface area (Å²) in [7, 11) is -0.557. The van der Waals surface area contributed by atoms with Gasteiger partial charge in [0, 0.05) is 30.5 Å². The standard InChI is InChI=1S/C24H35N3O5Si/c1-16-14-20(21(27(29)30)15-19(16)23(28)31-5)26-13-12-25-22(26)17-8-10-18(11-9-17)32-33(6,7)24(2,3)4/h12-15,17-18H,8-11H2,1-7H3/t17-,18-. The number of rotatable bonds is 6. The van der Waals surface area contributed by atoms with Crippen LogP contribution in [0.15, 0.2) is 24.5 Å². The molecule has 0 radical (unpaired) electrons. The molecule has 0 bridgehead atoms. The maximum absolute atomic E-state index is 12.0. The molecular formula is C24H35N3O5Si. The van der Waals surface area contributed by atoms with Gasteiger partial charge in [0.1, 0.15) is 11.5 Å². The summed E-state index contributed by atoms with van der Waals surface area (Å²) in [6.07, 6.45) is 7.43. The highest BCUT2D eigenvalue weighted by molar-refractivity contribution is 6.74. The van der Waals surface area contributed by atoms with Gasteiger partial charge < -0.3 is 9.16 Å². The van der Waals surface area contributed by atoms with Crippen LogP contribution in [0.4, 0.5) is 5.69 Å². The number of hydrogen-bond acceptors (Lipinski definition) is 6. The highest BCUT2D eigenvalue weighted by Gasteiger charge is 2.40. The van der Waals surface area contributed by atoms with Crippen molar-refractivity contribution in [3.63, 3.8) is 0 Å². The summed E-state index contributed by atoms with van der Waals surface area (Å²) >= 11 is 0. The Morgan fingerprint density at radius 1 is 1.21 bits per heavy atom. The van der Waals surface area contributed by atoms with Crippen molar-refractivity contribution in [2.24, 2.45) is 0 Å². The van der Waals surface area contributed by atoms with E-state index in [1.807, 2.05) is 0 Å². The van der Waals surface area contributed by atoms with E-state index in [1.165, 1.54) is 13.2 Å². The molecule has 9 heteroatoms. The molecule has 1 aliphatic rings. The number of aryl methyl sites for hydroxylation is 1. The fraction of sp³-hybridized carbons (Fsp3) is 0.583. The van der Waals surface area contributed by atoms with Crippen LogP contribution in [0.2, 0.25) is 18.1 Å². The molecule has 1 heterocycles. The normalized spacial score (nSPS) is 19.4. The SMILES string of the molecule is COC(=O)c1cc([N+](=O)[O-])c(-n2ccnc2[C@H]2CC[C@H](O[Si](C)(C)C(C)(C)C)CC2)cc1C. The highest BCUT2D eigenvalue weighted by Crippen LogP contribution is 2.41. The molecule has 1 aromatic heterocycles. The maximum Gasteiger partial charge on any atom is 0.338 e. The average molecular weight is 474 g/mol. The van der Waals surface area contributed by atoms with E-state index >= 15 is 0 Å². The van der Waals surface area contributed by atoms with E-state index in [4.69, 9.17) is 9.16 Å². The number of nitro benzene ring substituents is 1. The van der Waals surface area contributed by atoms with Gasteiger partial charge in [-0.05, 0) is 62.4 Å². The zero-order chi connectivity index (χ0) is 24.6. The zero-order valence-corrected chi connectivity index (χ0v) is 21.7. The smallest absolute Gasteiger partial charge is 0.338 e. The predicted octanol–water partition coefficient (Wildman–Crippen LogP) is 5.92. The number of esters is 1. The van der Waals surface area contributed by atoms with Gasteiger partial charge in [-0.3, -0.25) is 14.7 Å². The molecule has 180 valence electrons. The summed E-state index contributed by atoms with van der Waals surface area (Å²) in [5, 5.41) is 12.0. The molecule has 8 nitrogen and oxygen atoms in total. The molecule has 0 saturated heterocycles. The van der Waals surface area contributed by atoms with E-state index in [9.17, 15) is 14.9 Å². The minimum atomic E-state index is -1.82. The molecule has 0 spiro atoms. The molecule has 2 aromatic rings.